The number of aromatic nitrogens is 4. The highest BCUT2D eigenvalue weighted by Gasteiger charge is 2.15. The van der Waals surface area contributed by atoms with Crippen LogP contribution in [0, 0.1) is 0 Å². The highest BCUT2D eigenvalue weighted by Crippen LogP contribution is 2.17. The van der Waals surface area contributed by atoms with Crippen molar-refractivity contribution in [3.8, 4) is 0 Å². The van der Waals surface area contributed by atoms with Crippen LogP contribution in [0.1, 0.15) is 16.1 Å². The van der Waals surface area contributed by atoms with Gasteiger partial charge in [0.25, 0.3) is 5.91 Å². The number of hydrogen-bond acceptors (Lipinski definition) is 3. The summed E-state index contributed by atoms with van der Waals surface area (Å²) < 4.78 is 3.22. The van der Waals surface area contributed by atoms with Crippen LogP contribution in [0.15, 0.2) is 42.9 Å². The molecule has 0 unspecified atom stereocenters. The van der Waals surface area contributed by atoms with Crippen LogP contribution in [0.2, 0.25) is 10.0 Å². The number of aryl methyl sites for hydroxylation is 1. The maximum Gasteiger partial charge on any atom is 0.277 e. The Balaban J connectivity index is 1.74. The monoisotopic (exact) mass is 349 g/mol. The SMILES string of the molecule is Cn1cc(Cl)c(C(=O)Nc2cccc(Cn3cc(Cl)cn3)c2)n1. The molecule has 0 atom stereocenters. The predicted octanol–water partition coefficient (Wildman–Crippen LogP) is 3.22. The van der Waals surface area contributed by atoms with E-state index in [2.05, 4.69) is 15.5 Å². The maximum absolute atomic E-state index is 12.2. The van der Waals surface area contributed by atoms with Crippen LogP contribution in [0.4, 0.5) is 5.69 Å². The third-order valence-corrected chi connectivity index (χ3v) is 3.60. The van der Waals surface area contributed by atoms with Gasteiger partial charge in [0.2, 0.25) is 0 Å². The molecular weight excluding hydrogens is 337 g/mol. The summed E-state index contributed by atoms with van der Waals surface area (Å²) in [4.78, 5) is 12.2. The van der Waals surface area contributed by atoms with Gasteiger partial charge in [0.1, 0.15) is 0 Å². The first kappa shape index (κ1) is 15.6. The molecule has 3 rings (SSSR count). The Bertz CT molecular complexity index is 855. The summed E-state index contributed by atoms with van der Waals surface area (Å²) in [6, 6.07) is 7.47. The molecule has 0 aliphatic rings. The van der Waals surface area contributed by atoms with Gasteiger partial charge < -0.3 is 5.32 Å². The highest BCUT2D eigenvalue weighted by atomic mass is 35.5. The first-order valence-corrected chi connectivity index (χ1v) is 7.54. The van der Waals surface area contributed by atoms with Gasteiger partial charge in [-0.2, -0.15) is 10.2 Å². The molecule has 118 valence electrons. The van der Waals surface area contributed by atoms with Gasteiger partial charge >= 0.3 is 0 Å². The summed E-state index contributed by atoms with van der Waals surface area (Å²) in [6.45, 7) is 0.556. The van der Waals surface area contributed by atoms with Gasteiger partial charge in [-0.1, -0.05) is 35.3 Å². The van der Waals surface area contributed by atoms with E-state index in [0.717, 1.165) is 5.56 Å². The van der Waals surface area contributed by atoms with Gasteiger partial charge in [-0.15, -0.1) is 0 Å². The third-order valence-electron chi connectivity index (χ3n) is 3.13. The molecule has 0 saturated carbocycles. The first-order valence-electron chi connectivity index (χ1n) is 6.78. The van der Waals surface area contributed by atoms with Crippen molar-refractivity contribution in [2.45, 2.75) is 6.54 Å². The molecule has 0 bridgehead atoms. The molecule has 1 N–H and O–H groups in total. The van der Waals surface area contributed by atoms with E-state index in [1.807, 2.05) is 18.2 Å². The number of halogens is 2. The lowest BCUT2D eigenvalue weighted by Crippen LogP contribution is -2.13. The summed E-state index contributed by atoms with van der Waals surface area (Å²) in [5.41, 5.74) is 1.83. The number of hydrogen-bond donors (Lipinski definition) is 1. The molecule has 6 nitrogen and oxygen atoms in total. The zero-order chi connectivity index (χ0) is 16.4. The molecule has 2 aromatic heterocycles. The molecule has 0 aliphatic carbocycles. The molecule has 3 aromatic rings. The Morgan fingerprint density at radius 2 is 2.13 bits per heavy atom. The molecule has 0 radical (unpaired) electrons. The van der Waals surface area contributed by atoms with Gasteiger partial charge in [0, 0.05) is 25.1 Å². The topological polar surface area (TPSA) is 64.7 Å². The number of amides is 1. The smallest absolute Gasteiger partial charge is 0.277 e. The average molecular weight is 350 g/mol. The molecule has 8 heteroatoms. The standard InChI is InChI=1S/C15H13Cl2N5O/c1-21-9-13(17)14(20-21)15(23)19-12-4-2-3-10(5-12)7-22-8-11(16)6-18-22/h2-6,8-9H,7H2,1H3,(H,19,23). The zero-order valence-corrected chi connectivity index (χ0v) is 13.7. The fourth-order valence-electron chi connectivity index (χ4n) is 2.16. The summed E-state index contributed by atoms with van der Waals surface area (Å²) in [7, 11) is 1.71. The Hall–Kier alpha value is -2.31. The van der Waals surface area contributed by atoms with Crippen molar-refractivity contribution in [1.29, 1.82) is 0 Å². The van der Waals surface area contributed by atoms with Gasteiger partial charge in [-0.25, -0.2) is 0 Å². The Labute approximate surface area is 142 Å². The molecule has 1 amide bonds. The largest absolute Gasteiger partial charge is 0.321 e. The zero-order valence-electron chi connectivity index (χ0n) is 12.2. The van der Waals surface area contributed by atoms with Gasteiger partial charge in [0.15, 0.2) is 5.69 Å². The second-order valence-corrected chi connectivity index (χ2v) is 5.85. The van der Waals surface area contributed by atoms with Crippen LogP contribution < -0.4 is 5.32 Å². The molecule has 1 aromatic carbocycles. The van der Waals surface area contributed by atoms with E-state index in [1.54, 1.807) is 36.4 Å². The average Bonchev–Trinajstić information content (AvgIpc) is 3.04. The maximum atomic E-state index is 12.2. The third kappa shape index (κ3) is 3.72. The van der Waals surface area contributed by atoms with Gasteiger partial charge in [-0.05, 0) is 17.7 Å². The number of anilines is 1. The highest BCUT2D eigenvalue weighted by molar-refractivity contribution is 6.34. The van der Waals surface area contributed by atoms with E-state index in [-0.39, 0.29) is 11.6 Å². The Kier molecular flexibility index (Phi) is 4.36. The second kappa shape index (κ2) is 6.44. The van der Waals surface area contributed by atoms with E-state index in [0.29, 0.717) is 22.3 Å². The first-order chi connectivity index (χ1) is 11.0. The van der Waals surface area contributed by atoms with Crippen molar-refractivity contribution in [3.05, 3.63) is 64.2 Å². The minimum atomic E-state index is -0.352. The minimum absolute atomic E-state index is 0.193. The molecule has 2 heterocycles. The number of benzene rings is 1. The van der Waals surface area contributed by atoms with Crippen LogP contribution in [-0.2, 0) is 13.6 Å². The normalized spacial score (nSPS) is 10.7. The number of nitrogens with one attached hydrogen (secondary N) is 1. The minimum Gasteiger partial charge on any atom is -0.321 e. The van der Waals surface area contributed by atoms with Crippen LogP contribution in [0.25, 0.3) is 0 Å². The van der Waals surface area contributed by atoms with Crippen molar-refractivity contribution in [2.24, 2.45) is 7.05 Å². The molecule has 0 saturated heterocycles. The summed E-state index contributed by atoms with van der Waals surface area (Å²) in [5, 5.41) is 11.9. The van der Waals surface area contributed by atoms with E-state index in [4.69, 9.17) is 23.2 Å². The van der Waals surface area contributed by atoms with E-state index in [9.17, 15) is 4.79 Å². The van der Waals surface area contributed by atoms with Gasteiger partial charge in [0.05, 0.1) is 22.8 Å². The summed E-state index contributed by atoms with van der Waals surface area (Å²) >= 11 is 11.8. The quantitative estimate of drug-likeness (QED) is 0.786. The van der Waals surface area contributed by atoms with Crippen LogP contribution >= 0.6 is 23.2 Å². The molecular formula is C15H13Cl2N5O. The van der Waals surface area contributed by atoms with Crippen LogP contribution in [0.3, 0.4) is 0 Å². The van der Waals surface area contributed by atoms with Crippen LogP contribution in [0.5, 0.6) is 0 Å². The van der Waals surface area contributed by atoms with E-state index < -0.39 is 0 Å². The van der Waals surface area contributed by atoms with Crippen molar-refractivity contribution in [2.75, 3.05) is 5.32 Å². The molecule has 23 heavy (non-hydrogen) atoms. The van der Waals surface area contributed by atoms with Crippen molar-refractivity contribution in [3.63, 3.8) is 0 Å². The fraction of sp³-hybridized carbons (Fsp3) is 0.133. The summed E-state index contributed by atoms with van der Waals surface area (Å²) in [5.74, 6) is -0.352. The lowest BCUT2D eigenvalue weighted by molar-refractivity contribution is 0.102. The lowest BCUT2D eigenvalue weighted by Gasteiger charge is -2.07. The fourth-order valence-corrected chi connectivity index (χ4v) is 2.58. The Morgan fingerprint density at radius 1 is 1.30 bits per heavy atom. The molecule has 0 spiro atoms. The molecule has 0 fully saturated rings. The van der Waals surface area contributed by atoms with Gasteiger partial charge in [-0.3, -0.25) is 14.2 Å². The van der Waals surface area contributed by atoms with Crippen molar-refractivity contribution < 1.29 is 4.79 Å². The van der Waals surface area contributed by atoms with Crippen LogP contribution in [-0.4, -0.2) is 25.5 Å². The predicted molar refractivity (Wildman–Crippen MR) is 89.0 cm³/mol. The van der Waals surface area contributed by atoms with E-state index >= 15 is 0 Å². The van der Waals surface area contributed by atoms with Crippen molar-refractivity contribution in [1.82, 2.24) is 19.6 Å². The Morgan fingerprint density at radius 3 is 2.78 bits per heavy atom. The number of carbonyl (C=O) groups excluding carboxylic acids is 1. The molecule has 0 aliphatic heterocycles. The summed E-state index contributed by atoms with van der Waals surface area (Å²) in [6.07, 6.45) is 4.89. The second-order valence-electron chi connectivity index (χ2n) is 5.01. The number of rotatable bonds is 4. The number of carbonyl (C=O) groups is 1. The van der Waals surface area contributed by atoms with E-state index in [1.165, 1.54) is 4.68 Å². The number of nitrogens with zero attached hydrogens (tertiary/aromatic N) is 4. The van der Waals surface area contributed by atoms with Crippen molar-refractivity contribution >= 4 is 34.8 Å². The lowest BCUT2D eigenvalue weighted by atomic mass is 10.2.